The molecule has 6 heteroatoms. The Balaban J connectivity index is 2.33. The van der Waals surface area contributed by atoms with E-state index in [9.17, 15) is 9.90 Å². The molecule has 0 aromatic heterocycles. The molecule has 1 aliphatic rings. The average Bonchev–Trinajstić information content (AvgIpc) is 2.27. The van der Waals surface area contributed by atoms with Gasteiger partial charge in [-0.3, -0.25) is 5.32 Å². The second-order valence-corrected chi connectivity index (χ2v) is 5.61. The molecule has 1 rings (SSSR count). The molecule has 0 radical (unpaired) electrons. The maximum absolute atomic E-state index is 11.8. The zero-order valence-corrected chi connectivity index (χ0v) is 11.3. The lowest BCUT2D eigenvalue weighted by Gasteiger charge is -2.34. The van der Waals surface area contributed by atoms with Crippen LogP contribution in [0.25, 0.3) is 0 Å². The van der Waals surface area contributed by atoms with E-state index in [4.69, 9.17) is 9.84 Å². The van der Waals surface area contributed by atoms with Gasteiger partial charge in [-0.25, -0.2) is 4.79 Å². The third kappa shape index (κ3) is 5.20. The molecule has 1 amide bonds. The molecule has 1 atom stereocenters. The van der Waals surface area contributed by atoms with Crippen LogP contribution in [0, 0.1) is 0 Å². The number of aliphatic hydroxyl groups excluding tert-OH is 2. The number of hydrogen-bond donors (Lipinski definition) is 3. The number of nitrogens with zero attached hydrogens (tertiary/aromatic N) is 1. The van der Waals surface area contributed by atoms with Gasteiger partial charge in [-0.05, 0) is 33.6 Å². The van der Waals surface area contributed by atoms with Gasteiger partial charge in [0.05, 0.1) is 6.61 Å². The molecule has 6 nitrogen and oxygen atoms in total. The van der Waals surface area contributed by atoms with Crippen LogP contribution in [-0.2, 0) is 4.74 Å². The molecule has 0 aliphatic carbocycles. The molecule has 3 N–H and O–H groups in total. The summed E-state index contributed by atoms with van der Waals surface area (Å²) in [7, 11) is 0. The highest BCUT2D eigenvalue weighted by Crippen LogP contribution is 2.15. The third-order valence-electron chi connectivity index (χ3n) is 2.75. The van der Waals surface area contributed by atoms with Crippen molar-refractivity contribution in [2.24, 2.45) is 0 Å². The molecule has 106 valence electrons. The van der Waals surface area contributed by atoms with Crippen molar-refractivity contribution in [1.82, 2.24) is 10.2 Å². The standard InChI is InChI=1S/C12H24N2O4/c1-12(2,3)18-11(17)14-6-4-9(5-7-14)13-10(16)8-15/h9-10,13,15-16H,4-8H2,1-3H3. The van der Waals surface area contributed by atoms with E-state index in [0.29, 0.717) is 13.1 Å². The van der Waals surface area contributed by atoms with E-state index in [-0.39, 0.29) is 18.7 Å². The first-order valence-corrected chi connectivity index (χ1v) is 6.34. The van der Waals surface area contributed by atoms with Crippen LogP contribution < -0.4 is 5.32 Å². The zero-order valence-electron chi connectivity index (χ0n) is 11.3. The van der Waals surface area contributed by atoms with Gasteiger partial charge in [-0.15, -0.1) is 0 Å². The van der Waals surface area contributed by atoms with Crippen molar-refractivity contribution in [2.45, 2.75) is 51.5 Å². The predicted octanol–water partition coefficient (Wildman–Crippen LogP) is 0.286. The topological polar surface area (TPSA) is 82.0 Å². The first-order valence-electron chi connectivity index (χ1n) is 6.34. The van der Waals surface area contributed by atoms with Crippen molar-refractivity contribution in [2.75, 3.05) is 19.7 Å². The Bertz CT molecular complexity index is 270. The first kappa shape index (κ1) is 15.2. The van der Waals surface area contributed by atoms with Gasteiger partial charge in [0.15, 0.2) is 0 Å². The number of aliphatic hydroxyl groups is 2. The minimum Gasteiger partial charge on any atom is -0.444 e. The molecular formula is C12H24N2O4. The van der Waals surface area contributed by atoms with Crippen LogP contribution in [0.5, 0.6) is 0 Å². The second kappa shape index (κ2) is 6.36. The minimum absolute atomic E-state index is 0.130. The summed E-state index contributed by atoms with van der Waals surface area (Å²) in [5.74, 6) is 0. The maximum atomic E-state index is 11.8. The summed E-state index contributed by atoms with van der Waals surface area (Å²) in [5, 5.41) is 20.9. The summed E-state index contributed by atoms with van der Waals surface area (Å²) in [6.45, 7) is 6.44. The molecule has 18 heavy (non-hydrogen) atoms. The molecule has 0 saturated carbocycles. The number of carbonyl (C=O) groups excluding carboxylic acids is 1. The SMILES string of the molecule is CC(C)(C)OC(=O)N1CCC(NC(O)CO)CC1. The van der Waals surface area contributed by atoms with Crippen molar-refractivity contribution >= 4 is 6.09 Å². The number of piperidine rings is 1. The molecule has 1 aliphatic heterocycles. The molecule has 1 saturated heterocycles. The number of nitrogens with one attached hydrogen (secondary N) is 1. The van der Waals surface area contributed by atoms with Gasteiger partial charge in [0.25, 0.3) is 0 Å². The van der Waals surface area contributed by atoms with Crippen LogP contribution in [0.15, 0.2) is 0 Å². The Morgan fingerprint density at radius 1 is 1.44 bits per heavy atom. The van der Waals surface area contributed by atoms with E-state index in [1.54, 1.807) is 4.90 Å². The summed E-state index contributed by atoms with van der Waals surface area (Å²) >= 11 is 0. The zero-order chi connectivity index (χ0) is 13.8. The van der Waals surface area contributed by atoms with Crippen LogP contribution in [0.2, 0.25) is 0 Å². The summed E-state index contributed by atoms with van der Waals surface area (Å²) in [6, 6.07) is 0.130. The fourth-order valence-electron chi connectivity index (χ4n) is 1.88. The van der Waals surface area contributed by atoms with E-state index in [2.05, 4.69) is 5.32 Å². The molecule has 1 unspecified atom stereocenters. The Labute approximate surface area is 108 Å². The van der Waals surface area contributed by atoms with Gasteiger partial charge < -0.3 is 19.8 Å². The molecule has 0 aromatic rings. The molecule has 0 spiro atoms. The summed E-state index contributed by atoms with van der Waals surface area (Å²) in [6.07, 6.45) is 0.318. The van der Waals surface area contributed by atoms with Gasteiger partial charge in [0, 0.05) is 19.1 Å². The number of hydrogen-bond acceptors (Lipinski definition) is 5. The lowest BCUT2D eigenvalue weighted by atomic mass is 10.1. The highest BCUT2D eigenvalue weighted by molar-refractivity contribution is 5.68. The van der Waals surface area contributed by atoms with Crippen molar-refractivity contribution in [3.05, 3.63) is 0 Å². The Kier molecular flexibility index (Phi) is 5.37. The van der Waals surface area contributed by atoms with Crippen molar-refractivity contribution in [1.29, 1.82) is 0 Å². The minimum atomic E-state index is -0.886. The summed E-state index contributed by atoms with van der Waals surface area (Å²) in [5.41, 5.74) is -0.473. The van der Waals surface area contributed by atoms with Crippen molar-refractivity contribution in [3.63, 3.8) is 0 Å². The van der Waals surface area contributed by atoms with E-state index < -0.39 is 11.8 Å². The van der Waals surface area contributed by atoms with Crippen LogP contribution in [0.3, 0.4) is 0 Å². The average molecular weight is 260 g/mol. The monoisotopic (exact) mass is 260 g/mol. The van der Waals surface area contributed by atoms with E-state index in [1.807, 2.05) is 20.8 Å². The molecule has 0 aromatic carbocycles. The van der Waals surface area contributed by atoms with Gasteiger partial charge >= 0.3 is 6.09 Å². The van der Waals surface area contributed by atoms with Gasteiger partial charge in [0.1, 0.15) is 11.8 Å². The number of amides is 1. The Morgan fingerprint density at radius 3 is 2.44 bits per heavy atom. The van der Waals surface area contributed by atoms with Crippen molar-refractivity contribution in [3.8, 4) is 0 Å². The van der Waals surface area contributed by atoms with E-state index >= 15 is 0 Å². The van der Waals surface area contributed by atoms with Crippen LogP contribution in [0.4, 0.5) is 4.79 Å². The molecular weight excluding hydrogens is 236 g/mol. The molecule has 1 heterocycles. The van der Waals surface area contributed by atoms with Crippen LogP contribution in [-0.4, -0.2) is 58.8 Å². The second-order valence-electron chi connectivity index (χ2n) is 5.61. The molecule has 1 fully saturated rings. The Hall–Kier alpha value is -0.850. The predicted molar refractivity (Wildman–Crippen MR) is 67.1 cm³/mol. The molecule has 0 bridgehead atoms. The number of carbonyl (C=O) groups is 1. The third-order valence-corrected chi connectivity index (χ3v) is 2.75. The summed E-state index contributed by atoms with van der Waals surface area (Å²) < 4.78 is 5.29. The fourth-order valence-corrected chi connectivity index (χ4v) is 1.88. The van der Waals surface area contributed by atoms with E-state index in [0.717, 1.165) is 12.8 Å². The van der Waals surface area contributed by atoms with E-state index in [1.165, 1.54) is 0 Å². The lowest BCUT2D eigenvalue weighted by molar-refractivity contribution is 0.0144. The number of ether oxygens (including phenoxy) is 1. The fraction of sp³-hybridized carbons (Fsp3) is 0.917. The summed E-state index contributed by atoms with van der Waals surface area (Å²) in [4.78, 5) is 13.5. The van der Waals surface area contributed by atoms with Gasteiger partial charge in [-0.2, -0.15) is 0 Å². The quantitative estimate of drug-likeness (QED) is 0.635. The van der Waals surface area contributed by atoms with Crippen LogP contribution in [0.1, 0.15) is 33.6 Å². The maximum Gasteiger partial charge on any atom is 0.410 e. The normalized spacial score (nSPS) is 19.7. The largest absolute Gasteiger partial charge is 0.444 e. The highest BCUT2D eigenvalue weighted by atomic mass is 16.6. The van der Waals surface area contributed by atoms with Crippen molar-refractivity contribution < 1.29 is 19.7 Å². The lowest BCUT2D eigenvalue weighted by Crippen LogP contribution is -2.49. The Morgan fingerprint density at radius 2 is 2.00 bits per heavy atom. The smallest absolute Gasteiger partial charge is 0.410 e. The van der Waals surface area contributed by atoms with Crippen LogP contribution >= 0.6 is 0 Å². The van der Waals surface area contributed by atoms with Gasteiger partial charge in [0.2, 0.25) is 0 Å². The number of likely N-dealkylation sites (tertiary alicyclic amines) is 1. The number of rotatable bonds is 3. The van der Waals surface area contributed by atoms with Gasteiger partial charge in [-0.1, -0.05) is 0 Å². The first-order chi connectivity index (χ1) is 8.31. The highest BCUT2D eigenvalue weighted by Gasteiger charge is 2.27.